The number of nitrogens with zero attached hydrogens (tertiary/aromatic N) is 3. The Labute approximate surface area is 145 Å². The molecule has 1 unspecified atom stereocenters. The average molecular weight is 340 g/mol. The molecule has 0 aliphatic carbocycles. The third-order valence-corrected chi connectivity index (χ3v) is 3.36. The number of esters is 1. The predicted octanol–water partition coefficient (Wildman–Crippen LogP) is 1.63. The maximum atomic E-state index is 12.4. The smallest absolute Gasteiger partial charge is 0.336 e. The highest BCUT2D eigenvalue weighted by Gasteiger charge is 2.27. The zero-order valence-electron chi connectivity index (χ0n) is 15.8. The first-order valence-electron chi connectivity index (χ1n) is 8.48. The normalized spacial score (nSPS) is 13.3. The Kier molecular flexibility index (Phi) is 8.38. The number of carbonyl (C=O) groups is 1. The first-order chi connectivity index (χ1) is 11.2. The molecule has 0 aliphatic rings. The lowest BCUT2D eigenvalue weighted by atomic mass is 10.1. The summed E-state index contributed by atoms with van der Waals surface area (Å²) in [5.41, 5.74) is 3.29. The molecule has 0 aromatic carbocycles. The van der Waals surface area contributed by atoms with Gasteiger partial charge in [0.15, 0.2) is 6.10 Å². The molecule has 0 spiro atoms. The van der Waals surface area contributed by atoms with Crippen LogP contribution in [0.4, 0.5) is 0 Å². The van der Waals surface area contributed by atoms with Crippen LogP contribution in [0.15, 0.2) is 12.5 Å². The Bertz CT molecular complexity index is 496. The van der Waals surface area contributed by atoms with Gasteiger partial charge in [0.2, 0.25) is 0 Å². The van der Waals surface area contributed by atoms with Crippen molar-refractivity contribution in [3.05, 3.63) is 18.2 Å². The molecule has 1 aromatic heterocycles. The van der Waals surface area contributed by atoms with Crippen molar-refractivity contribution in [2.24, 2.45) is 0 Å². The van der Waals surface area contributed by atoms with Gasteiger partial charge in [-0.1, -0.05) is 6.92 Å². The van der Waals surface area contributed by atoms with Crippen LogP contribution in [0, 0.1) is 0 Å². The quantitative estimate of drug-likeness (QED) is 0.516. The summed E-state index contributed by atoms with van der Waals surface area (Å²) in [6.07, 6.45) is 4.55. The van der Waals surface area contributed by atoms with Gasteiger partial charge in [-0.05, 0) is 34.2 Å². The van der Waals surface area contributed by atoms with E-state index in [0.29, 0.717) is 19.6 Å². The molecule has 1 heterocycles. The third-order valence-electron chi connectivity index (χ3n) is 3.36. The van der Waals surface area contributed by atoms with Gasteiger partial charge in [-0.25, -0.2) is 14.8 Å². The van der Waals surface area contributed by atoms with E-state index in [1.165, 1.54) is 0 Å². The number of imidazole rings is 1. The van der Waals surface area contributed by atoms with E-state index in [1.54, 1.807) is 6.33 Å². The van der Waals surface area contributed by atoms with Crippen LogP contribution in [0.3, 0.4) is 0 Å². The standard InChI is InChI=1S/C17H32N4O3/c1-7-8-21-12-14(19-13-21)11-15(16(22)24-17(2,3)4)23-10-9-20(6)18-5/h12-13,15,18H,7-11H2,1-6H3. The van der Waals surface area contributed by atoms with Crippen molar-refractivity contribution in [2.45, 2.75) is 58.8 Å². The fourth-order valence-corrected chi connectivity index (χ4v) is 2.10. The second kappa shape index (κ2) is 9.76. The number of aryl methyl sites for hydroxylation is 1. The van der Waals surface area contributed by atoms with E-state index < -0.39 is 11.7 Å². The molecule has 0 bridgehead atoms. The Morgan fingerprint density at radius 1 is 1.46 bits per heavy atom. The second-order valence-electron chi connectivity index (χ2n) is 6.85. The molecular formula is C17H32N4O3. The lowest BCUT2D eigenvalue weighted by Crippen LogP contribution is -2.38. The monoisotopic (exact) mass is 340 g/mol. The molecule has 0 aliphatic heterocycles. The lowest BCUT2D eigenvalue weighted by Gasteiger charge is -2.24. The van der Waals surface area contributed by atoms with Crippen molar-refractivity contribution in [2.75, 3.05) is 27.2 Å². The Hall–Kier alpha value is -1.44. The number of hydrogen-bond acceptors (Lipinski definition) is 6. The summed E-state index contributed by atoms with van der Waals surface area (Å²) in [4.78, 5) is 16.8. The minimum atomic E-state index is -0.653. The number of nitrogens with one attached hydrogen (secondary N) is 1. The van der Waals surface area contributed by atoms with E-state index in [0.717, 1.165) is 18.7 Å². The summed E-state index contributed by atoms with van der Waals surface area (Å²) in [5.74, 6) is -0.348. The number of hydrazine groups is 1. The molecule has 0 saturated carbocycles. The predicted molar refractivity (Wildman–Crippen MR) is 93.5 cm³/mol. The van der Waals surface area contributed by atoms with E-state index >= 15 is 0 Å². The van der Waals surface area contributed by atoms with Gasteiger partial charge in [-0.2, -0.15) is 0 Å². The van der Waals surface area contributed by atoms with Crippen LogP contribution in [0.5, 0.6) is 0 Å². The van der Waals surface area contributed by atoms with E-state index in [4.69, 9.17) is 9.47 Å². The van der Waals surface area contributed by atoms with Crippen molar-refractivity contribution < 1.29 is 14.3 Å². The van der Waals surface area contributed by atoms with Crippen molar-refractivity contribution in [3.8, 4) is 0 Å². The highest BCUT2D eigenvalue weighted by atomic mass is 16.6. The molecule has 7 nitrogen and oxygen atoms in total. The fraction of sp³-hybridized carbons (Fsp3) is 0.765. The van der Waals surface area contributed by atoms with Gasteiger partial charge in [0.05, 0.1) is 18.6 Å². The fourth-order valence-electron chi connectivity index (χ4n) is 2.10. The van der Waals surface area contributed by atoms with Gasteiger partial charge >= 0.3 is 5.97 Å². The van der Waals surface area contributed by atoms with Gasteiger partial charge in [0.1, 0.15) is 5.60 Å². The van der Waals surface area contributed by atoms with Gasteiger partial charge in [-0.3, -0.25) is 5.43 Å². The lowest BCUT2D eigenvalue weighted by molar-refractivity contribution is -0.169. The van der Waals surface area contributed by atoms with Gasteiger partial charge in [0.25, 0.3) is 0 Å². The zero-order chi connectivity index (χ0) is 18.2. The highest BCUT2D eigenvalue weighted by Crippen LogP contribution is 2.13. The van der Waals surface area contributed by atoms with Crippen LogP contribution >= 0.6 is 0 Å². The van der Waals surface area contributed by atoms with Crippen LogP contribution < -0.4 is 5.43 Å². The number of likely N-dealkylation sites (N-methyl/N-ethyl adjacent to an activating group) is 1. The summed E-state index contributed by atoms with van der Waals surface area (Å²) < 4.78 is 13.3. The topological polar surface area (TPSA) is 68.6 Å². The number of carbonyl (C=O) groups excluding carboxylic acids is 1. The number of hydrogen-bond donors (Lipinski definition) is 1. The summed E-state index contributed by atoms with van der Waals surface area (Å²) in [6.45, 7) is 9.69. The number of ether oxygens (including phenoxy) is 2. The molecule has 138 valence electrons. The first kappa shape index (κ1) is 20.6. The van der Waals surface area contributed by atoms with Crippen LogP contribution in [0.25, 0.3) is 0 Å². The summed E-state index contributed by atoms with van der Waals surface area (Å²) in [5, 5.41) is 1.89. The van der Waals surface area contributed by atoms with Crippen LogP contribution in [0.2, 0.25) is 0 Å². The van der Waals surface area contributed by atoms with Crippen LogP contribution in [-0.4, -0.2) is 59.5 Å². The van der Waals surface area contributed by atoms with E-state index in [-0.39, 0.29) is 5.97 Å². The largest absolute Gasteiger partial charge is 0.458 e. The Morgan fingerprint density at radius 3 is 2.75 bits per heavy atom. The SMILES string of the molecule is CCCn1cnc(CC(OCCN(C)NC)C(=O)OC(C)(C)C)c1. The average Bonchev–Trinajstić information content (AvgIpc) is 2.92. The second-order valence-corrected chi connectivity index (χ2v) is 6.85. The van der Waals surface area contributed by atoms with E-state index in [1.807, 2.05) is 50.6 Å². The third kappa shape index (κ3) is 7.90. The zero-order valence-corrected chi connectivity index (χ0v) is 15.8. The Morgan fingerprint density at radius 2 is 2.17 bits per heavy atom. The van der Waals surface area contributed by atoms with Crippen molar-refractivity contribution in [3.63, 3.8) is 0 Å². The molecule has 0 radical (unpaired) electrons. The number of rotatable bonds is 10. The minimum Gasteiger partial charge on any atom is -0.458 e. The van der Waals surface area contributed by atoms with E-state index in [2.05, 4.69) is 17.3 Å². The molecular weight excluding hydrogens is 308 g/mol. The summed E-state index contributed by atoms with van der Waals surface area (Å²) in [6, 6.07) is 0. The van der Waals surface area contributed by atoms with Gasteiger partial charge in [0, 0.05) is 32.8 Å². The molecule has 24 heavy (non-hydrogen) atoms. The molecule has 0 fully saturated rings. The van der Waals surface area contributed by atoms with Crippen LogP contribution in [0.1, 0.15) is 39.8 Å². The van der Waals surface area contributed by atoms with Gasteiger partial charge < -0.3 is 14.0 Å². The molecule has 1 N–H and O–H groups in total. The van der Waals surface area contributed by atoms with Crippen molar-refractivity contribution >= 4 is 5.97 Å². The molecule has 1 aromatic rings. The summed E-state index contributed by atoms with van der Waals surface area (Å²) in [7, 11) is 3.75. The number of aromatic nitrogens is 2. The van der Waals surface area contributed by atoms with Gasteiger partial charge in [-0.15, -0.1) is 0 Å². The molecule has 1 rings (SSSR count). The van der Waals surface area contributed by atoms with E-state index in [9.17, 15) is 4.79 Å². The maximum absolute atomic E-state index is 12.4. The molecule has 7 heteroatoms. The molecule has 1 atom stereocenters. The molecule has 0 amide bonds. The minimum absolute atomic E-state index is 0.348. The maximum Gasteiger partial charge on any atom is 0.336 e. The van der Waals surface area contributed by atoms with Crippen molar-refractivity contribution in [1.82, 2.24) is 20.0 Å². The first-order valence-corrected chi connectivity index (χ1v) is 8.48. The Balaban J connectivity index is 2.69. The molecule has 0 saturated heterocycles. The van der Waals surface area contributed by atoms with Crippen molar-refractivity contribution in [1.29, 1.82) is 0 Å². The summed E-state index contributed by atoms with van der Waals surface area (Å²) >= 11 is 0. The van der Waals surface area contributed by atoms with Crippen LogP contribution in [-0.2, 0) is 27.2 Å². The highest BCUT2D eigenvalue weighted by molar-refractivity contribution is 5.75.